The van der Waals surface area contributed by atoms with Crippen molar-refractivity contribution in [1.29, 1.82) is 0 Å². The molecule has 106 valence electrons. The Morgan fingerprint density at radius 2 is 2.11 bits per heavy atom. The first-order chi connectivity index (χ1) is 8.81. The molecule has 0 radical (unpaired) electrons. The smallest absolute Gasteiger partial charge is 0.289 e. The molecule has 4 N–H and O–H groups in total. The van der Waals surface area contributed by atoms with Gasteiger partial charge in [0.15, 0.2) is 4.90 Å². The largest absolute Gasteiger partial charge is 0.324 e. The van der Waals surface area contributed by atoms with E-state index in [2.05, 4.69) is 10.1 Å². The average Bonchev–Trinajstić information content (AvgIpc) is 2.37. The van der Waals surface area contributed by atoms with Crippen molar-refractivity contribution in [2.75, 3.05) is 5.43 Å². The fraction of sp³-hybridized carbons (Fsp3) is 0.400. The first-order valence-electron chi connectivity index (χ1n) is 5.59. The van der Waals surface area contributed by atoms with Crippen LogP contribution in [0.5, 0.6) is 0 Å². The number of anilines is 1. The fourth-order valence-electron chi connectivity index (χ4n) is 1.38. The topological polar surface area (TPSA) is 127 Å². The number of hydrazine groups is 1. The van der Waals surface area contributed by atoms with Crippen LogP contribution >= 0.6 is 0 Å². The highest BCUT2D eigenvalue weighted by Gasteiger charge is 2.27. The Morgan fingerprint density at radius 1 is 1.47 bits per heavy atom. The summed E-state index contributed by atoms with van der Waals surface area (Å²) in [7, 11) is -3.97. The lowest BCUT2D eigenvalue weighted by atomic mass is 10.3. The van der Waals surface area contributed by atoms with Crippen LogP contribution in [-0.4, -0.2) is 19.4 Å². The highest BCUT2D eigenvalue weighted by Crippen LogP contribution is 2.26. The van der Waals surface area contributed by atoms with Crippen LogP contribution in [0.4, 0.5) is 11.4 Å². The molecule has 0 bridgehead atoms. The van der Waals surface area contributed by atoms with E-state index in [1.54, 1.807) is 13.8 Å². The lowest BCUT2D eigenvalue weighted by Crippen LogP contribution is -2.32. The lowest BCUT2D eigenvalue weighted by molar-refractivity contribution is -0.387. The van der Waals surface area contributed by atoms with Crippen molar-refractivity contribution in [2.24, 2.45) is 5.84 Å². The van der Waals surface area contributed by atoms with Crippen molar-refractivity contribution in [3.05, 3.63) is 28.3 Å². The number of sulfonamides is 1. The number of nitrogens with one attached hydrogen (secondary N) is 2. The van der Waals surface area contributed by atoms with Crippen LogP contribution in [0.2, 0.25) is 0 Å². The van der Waals surface area contributed by atoms with E-state index in [-0.39, 0.29) is 11.7 Å². The third-order valence-electron chi connectivity index (χ3n) is 2.58. The second kappa shape index (κ2) is 5.95. The average molecular weight is 288 g/mol. The summed E-state index contributed by atoms with van der Waals surface area (Å²) in [5.74, 6) is 5.18. The van der Waals surface area contributed by atoms with Crippen LogP contribution in [0.3, 0.4) is 0 Å². The predicted molar refractivity (Wildman–Crippen MR) is 71.0 cm³/mol. The standard InChI is InChI=1S/C10H16N4O4S/c1-3-7(2)13-19(17,18)10-6-8(12-11)4-5-9(10)14(15)16/h4-7,12-13H,3,11H2,1-2H3. The van der Waals surface area contributed by atoms with E-state index in [0.29, 0.717) is 6.42 Å². The molecule has 8 nitrogen and oxygen atoms in total. The Kier molecular flexibility index (Phi) is 4.81. The Hall–Kier alpha value is -1.71. The molecule has 1 rings (SSSR count). The number of hydrogen-bond acceptors (Lipinski definition) is 6. The van der Waals surface area contributed by atoms with Crippen LogP contribution in [-0.2, 0) is 10.0 Å². The van der Waals surface area contributed by atoms with E-state index in [0.717, 1.165) is 12.1 Å². The van der Waals surface area contributed by atoms with E-state index in [1.165, 1.54) is 6.07 Å². The molecule has 0 aliphatic heterocycles. The van der Waals surface area contributed by atoms with Gasteiger partial charge in [-0.15, -0.1) is 0 Å². The van der Waals surface area contributed by atoms with Gasteiger partial charge in [0.2, 0.25) is 10.0 Å². The third kappa shape index (κ3) is 3.63. The Bertz CT molecular complexity index is 573. The number of nitrogens with two attached hydrogens (primary N) is 1. The molecule has 0 saturated carbocycles. The highest BCUT2D eigenvalue weighted by atomic mass is 32.2. The molecule has 1 aromatic carbocycles. The highest BCUT2D eigenvalue weighted by molar-refractivity contribution is 7.89. The van der Waals surface area contributed by atoms with Crippen molar-refractivity contribution in [3.8, 4) is 0 Å². The van der Waals surface area contributed by atoms with Gasteiger partial charge in [0.1, 0.15) is 0 Å². The first-order valence-corrected chi connectivity index (χ1v) is 7.07. The summed E-state index contributed by atoms with van der Waals surface area (Å²) in [6, 6.07) is 3.24. The van der Waals surface area contributed by atoms with Crippen LogP contribution in [0.25, 0.3) is 0 Å². The van der Waals surface area contributed by atoms with Crippen LogP contribution in [0, 0.1) is 10.1 Å². The van der Waals surface area contributed by atoms with Gasteiger partial charge in [0.25, 0.3) is 5.69 Å². The molecule has 0 fully saturated rings. The summed E-state index contributed by atoms with van der Waals surface area (Å²) in [4.78, 5) is 9.73. The van der Waals surface area contributed by atoms with E-state index < -0.39 is 25.5 Å². The van der Waals surface area contributed by atoms with Gasteiger partial charge in [-0.2, -0.15) is 0 Å². The van der Waals surface area contributed by atoms with Crippen molar-refractivity contribution in [2.45, 2.75) is 31.2 Å². The molecule has 0 aliphatic rings. The Morgan fingerprint density at radius 3 is 2.58 bits per heavy atom. The molecular formula is C10H16N4O4S. The first kappa shape index (κ1) is 15.3. The maximum Gasteiger partial charge on any atom is 0.289 e. The second-order valence-electron chi connectivity index (χ2n) is 4.01. The molecule has 1 aromatic rings. The van der Waals surface area contributed by atoms with Crippen molar-refractivity contribution in [3.63, 3.8) is 0 Å². The minimum atomic E-state index is -3.97. The third-order valence-corrected chi connectivity index (χ3v) is 4.20. The summed E-state index contributed by atoms with van der Waals surface area (Å²) in [6.45, 7) is 3.48. The van der Waals surface area contributed by atoms with Gasteiger partial charge < -0.3 is 5.43 Å². The van der Waals surface area contributed by atoms with Gasteiger partial charge in [-0.25, -0.2) is 13.1 Å². The predicted octanol–water partition coefficient (Wildman–Crippen LogP) is 0.957. The zero-order valence-electron chi connectivity index (χ0n) is 10.6. The monoisotopic (exact) mass is 288 g/mol. The number of hydrogen-bond donors (Lipinski definition) is 3. The fourth-order valence-corrected chi connectivity index (χ4v) is 2.91. The van der Waals surface area contributed by atoms with Crippen molar-refractivity contribution >= 4 is 21.4 Å². The summed E-state index contributed by atoms with van der Waals surface area (Å²) >= 11 is 0. The number of benzene rings is 1. The van der Waals surface area contributed by atoms with Gasteiger partial charge in [0.05, 0.1) is 10.6 Å². The zero-order chi connectivity index (χ0) is 14.6. The van der Waals surface area contributed by atoms with Crippen molar-refractivity contribution < 1.29 is 13.3 Å². The normalized spacial score (nSPS) is 13.0. The molecular weight excluding hydrogens is 272 g/mol. The van der Waals surface area contributed by atoms with Crippen molar-refractivity contribution in [1.82, 2.24) is 4.72 Å². The molecule has 19 heavy (non-hydrogen) atoms. The van der Waals surface area contributed by atoms with Gasteiger partial charge in [0, 0.05) is 12.1 Å². The van der Waals surface area contributed by atoms with Gasteiger partial charge in [-0.3, -0.25) is 16.0 Å². The minimum absolute atomic E-state index is 0.273. The Labute approximate surface area is 111 Å². The Balaban J connectivity index is 3.33. The van der Waals surface area contributed by atoms with Crippen LogP contribution < -0.4 is 16.0 Å². The zero-order valence-corrected chi connectivity index (χ0v) is 11.4. The molecule has 0 aliphatic carbocycles. The summed E-state index contributed by atoms with van der Waals surface area (Å²) in [6.07, 6.45) is 0.571. The molecule has 0 amide bonds. The maximum absolute atomic E-state index is 12.1. The summed E-state index contributed by atoms with van der Waals surface area (Å²) in [5, 5.41) is 10.9. The molecule has 0 saturated heterocycles. The number of nitro groups is 1. The number of nitro benzene ring substituents is 1. The van der Waals surface area contributed by atoms with E-state index >= 15 is 0 Å². The molecule has 1 unspecified atom stereocenters. The maximum atomic E-state index is 12.1. The van der Waals surface area contributed by atoms with E-state index in [1.807, 2.05) is 0 Å². The van der Waals surface area contributed by atoms with Crippen LogP contribution in [0.1, 0.15) is 20.3 Å². The molecule has 1 atom stereocenters. The summed E-state index contributed by atoms with van der Waals surface area (Å²) in [5.41, 5.74) is 2.04. The van der Waals surface area contributed by atoms with Crippen LogP contribution in [0.15, 0.2) is 23.1 Å². The lowest BCUT2D eigenvalue weighted by Gasteiger charge is -2.13. The number of nitrogen functional groups attached to an aromatic ring is 1. The molecule has 0 spiro atoms. The molecule has 0 heterocycles. The summed E-state index contributed by atoms with van der Waals surface area (Å²) < 4.78 is 26.6. The number of nitrogens with zero attached hydrogens (tertiary/aromatic N) is 1. The van der Waals surface area contributed by atoms with E-state index in [4.69, 9.17) is 5.84 Å². The van der Waals surface area contributed by atoms with E-state index in [9.17, 15) is 18.5 Å². The quantitative estimate of drug-likeness (QED) is 0.406. The molecule has 0 aromatic heterocycles. The van der Waals surface area contributed by atoms with Gasteiger partial charge >= 0.3 is 0 Å². The van der Waals surface area contributed by atoms with Gasteiger partial charge in [-0.1, -0.05) is 6.92 Å². The number of rotatable bonds is 6. The SMILES string of the molecule is CCC(C)NS(=O)(=O)c1cc(NN)ccc1[N+](=O)[O-]. The van der Waals surface area contributed by atoms with Gasteiger partial charge in [-0.05, 0) is 25.5 Å². The molecule has 9 heteroatoms. The second-order valence-corrected chi connectivity index (χ2v) is 5.70. The minimum Gasteiger partial charge on any atom is -0.324 e.